The summed E-state index contributed by atoms with van der Waals surface area (Å²) in [7, 11) is -3.62. The van der Waals surface area contributed by atoms with E-state index >= 15 is 0 Å². The third kappa shape index (κ3) is 4.75. The van der Waals surface area contributed by atoms with Gasteiger partial charge in [0.2, 0.25) is 15.8 Å². The summed E-state index contributed by atoms with van der Waals surface area (Å²) in [4.78, 5) is 3.54. The zero-order valence-electron chi connectivity index (χ0n) is 15.7. The first kappa shape index (κ1) is 21.8. The number of ether oxygens (including phenoxy) is 1. The Morgan fingerprint density at radius 2 is 1.77 bits per heavy atom. The summed E-state index contributed by atoms with van der Waals surface area (Å²) in [5, 5.41) is 3.33. The lowest BCUT2D eigenvalue weighted by Gasteiger charge is -2.17. The van der Waals surface area contributed by atoms with E-state index in [1.807, 2.05) is 0 Å². The molecule has 2 heterocycles. The van der Waals surface area contributed by atoms with Crippen LogP contribution in [-0.4, -0.2) is 42.1 Å². The van der Waals surface area contributed by atoms with Crippen molar-refractivity contribution in [2.45, 2.75) is 23.6 Å². The highest BCUT2D eigenvalue weighted by Crippen LogP contribution is 2.30. The second-order valence-electron chi connectivity index (χ2n) is 6.79. The molecule has 1 aliphatic heterocycles. The molecule has 31 heavy (non-hydrogen) atoms. The van der Waals surface area contributed by atoms with E-state index in [4.69, 9.17) is 4.74 Å². The lowest BCUT2D eigenvalue weighted by atomic mass is 10.2. The molecular formula is C19H15BrF3N3O4S. The van der Waals surface area contributed by atoms with Gasteiger partial charge in [0, 0.05) is 16.6 Å². The minimum Gasteiger partial charge on any atom is -0.489 e. The number of nitrogens with zero attached hydrogens (tertiary/aromatic N) is 3. The fraction of sp³-hybridized carbons (Fsp3) is 0.263. The van der Waals surface area contributed by atoms with Crippen molar-refractivity contribution in [3.05, 3.63) is 58.9 Å². The Morgan fingerprint density at radius 3 is 2.39 bits per heavy atom. The standard InChI is InChI=1S/C19H15BrF3N3O4S/c20-13-3-7-16(8-4-13)31(27,28)26-10-9-15(11-26)29-14-5-1-12(2-6-14)17-24-18(30-25-17)19(21,22)23/h1-8,15H,9-11H2/t15-/m1/s1. The summed E-state index contributed by atoms with van der Waals surface area (Å²) < 4.78 is 75.5. The van der Waals surface area contributed by atoms with Crippen molar-refractivity contribution >= 4 is 26.0 Å². The van der Waals surface area contributed by atoms with Crippen LogP contribution in [0.25, 0.3) is 11.4 Å². The summed E-state index contributed by atoms with van der Waals surface area (Å²) in [5.74, 6) is -1.15. The molecule has 164 valence electrons. The summed E-state index contributed by atoms with van der Waals surface area (Å²) in [5.41, 5.74) is 0.331. The average Bonchev–Trinajstić information content (AvgIpc) is 3.39. The van der Waals surface area contributed by atoms with Gasteiger partial charge < -0.3 is 9.26 Å². The van der Waals surface area contributed by atoms with E-state index in [0.717, 1.165) is 4.47 Å². The highest BCUT2D eigenvalue weighted by molar-refractivity contribution is 9.10. The van der Waals surface area contributed by atoms with Crippen LogP contribution in [0.15, 0.2) is 62.4 Å². The van der Waals surface area contributed by atoms with Gasteiger partial charge in [-0.1, -0.05) is 21.1 Å². The highest BCUT2D eigenvalue weighted by Gasteiger charge is 2.38. The van der Waals surface area contributed by atoms with E-state index in [2.05, 4.69) is 30.6 Å². The number of hydrogen-bond donors (Lipinski definition) is 0. The normalized spacial score (nSPS) is 17.7. The van der Waals surface area contributed by atoms with Gasteiger partial charge in [0.1, 0.15) is 11.9 Å². The number of hydrogen-bond acceptors (Lipinski definition) is 6. The first-order chi connectivity index (χ1) is 14.6. The van der Waals surface area contributed by atoms with Gasteiger partial charge in [-0.2, -0.15) is 22.5 Å². The molecule has 7 nitrogen and oxygen atoms in total. The van der Waals surface area contributed by atoms with Gasteiger partial charge in [0.15, 0.2) is 0 Å². The lowest BCUT2D eigenvalue weighted by molar-refractivity contribution is -0.159. The lowest BCUT2D eigenvalue weighted by Crippen LogP contribution is -2.31. The predicted octanol–water partition coefficient (Wildman–Crippen LogP) is 4.36. The first-order valence-corrected chi connectivity index (χ1v) is 11.3. The van der Waals surface area contributed by atoms with E-state index in [1.165, 1.54) is 28.6 Å². The molecule has 0 aliphatic carbocycles. The van der Waals surface area contributed by atoms with Crippen LogP contribution in [-0.2, 0) is 16.2 Å². The minimum absolute atomic E-state index is 0.188. The summed E-state index contributed by atoms with van der Waals surface area (Å²) in [6.07, 6.45) is -4.55. The smallest absolute Gasteiger partial charge is 0.471 e. The number of sulfonamides is 1. The van der Waals surface area contributed by atoms with Crippen molar-refractivity contribution in [2.75, 3.05) is 13.1 Å². The summed E-state index contributed by atoms with van der Waals surface area (Å²) in [6, 6.07) is 12.5. The molecule has 3 aromatic rings. The first-order valence-electron chi connectivity index (χ1n) is 9.06. The molecule has 0 saturated carbocycles. The Bertz CT molecular complexity index is 1170. The molecule has 0 unspecified atom stereocenters. The number of rotatable bonds is 5. The van der Waals surface area contributed by atoms with Crippen LogP contribution in [0.2, 0.25) is 0 Å². The Labute approximate surface area is 184 Å². The van der Waals surface area contributed by atoms with Gasteiger partial charge in [0.25, 0.3) is 0 Å². The molecule has 1 aromatic heterocycles. The van der Waals surface area contributed by atoms with Crippen LogP contribution in [0.4, 0.5) is 13.2 Å². The molecule has 0 radical (unpaired) electrons. The van der Waals surface area contributed by atoms with Crippen molar-refractivity contribution in [3.63, 3.8) is 0 Å². The Balaban J connectivity index is 1.40. The van der Waals surface area contributed by atoms with Crippen LogP contribution in [0, 0.1) is 0 Å². The number of benzene rings is 2. The average molecular weight is 518 g/mol. The SMILES string of the molecule is O=S(=O)(c1ccc(Br)cc1)N1CC[C@@H](Oc2ccc(-c3noc(C(F)(F)F)n3)cc2)C1. The van der Waals surface area contributed by atoms with Crippen LogP contribution in [0.5, 0.6) is 5.75 Å². The maximum Gasteiger partial charge on any atom is 0.471 e. The quantitative estimate of drug-likeness (QED) is 0.499. The van der Waals surface area contributed by atoms with E-state index in [9.17, 15) is 21.6 Å². The van der Waals surface area contributed by atoms with Crippen molar-refractivity contribution in [1.82, 2.24) is 14.4 Å². The Morgan fingerprint density at radius 1 is 1.10 bits per heavy atom. The van der Waals surface area contributed by atoms with Crippen LogP contribution in [0.1, 0.15) is 12.3 Å². The molecule has 4 rings (SSSR count). The number of halogens is 4. The van der Waals surface area contributed by atoms with E-state index in [1.54, 1.807) is 24.3 Å². The molecule has 0 amide bonds. The molecule has 1 saturated heterocycles. The van der Waals surface area contributed by atoms with Gasteiger partial charge in [-0.25, -0.2) is 8.42 Å². The predicted molar refractivity (Wildman–Crippen MR) is 107 cm³/mol. The summed E-state index contributed by atoms with van der Waals surface area (Å²) in [6.45, 7) is 0.518. The highest BCUT2D eigenvalue weighted by atomic mass is 79.9. The van der Waals surface area contributed by atoms with Gasteiger partial charge in [-0.15, -0.1) is 0 Å². The maximum atomic E-state index is 12.8. The van der Waals surface area contributed by atoms with Crippen LogP contribution in [0.3, 0.4) is 0 Å². The van der Waals surface area contributed by atoms with Gasteiger partial charge >= 0.3 is 12.1 Å². The maximum absolute atomic E-state index is 12.8. The zero-order valence-corrected chi connectivity index (χ0v) is 18.1. The molecule has 12 heteroatoms. The summed E-state index contributed by atoms with van der Waals surface area (Å²) >= 11 is 3.28. The zero-order chi connectivity index (χ0) is 22.2. The second kappa shape index (κ2) is 8.24. The Hall–Kier alpha value is -2.44. The minimum atomic E-state index is -4.71. The van der Waals surface area contributed by atoms with E-state index in [-0.39, 0.29) is 23.4 Å². The van der Waals surface area contributed by atoms with Crippen molar-refractivity contribution in [3.8, 4) is 17.1 Å². The molecule has 1 fully saturated rings. The van der Waals surface area contributed by atoms with Crippen LogP contribution < -0.4 is 4.74 Å². The Kier molecular flexibility index (Phi) is 5.79. The number of alkyl halides is 3. The molecule has 1 atom stereocenters. The molecule has 2 aromatic carbocycles. The van der Waals surface area contributed by atoms with E-state index in [0.29, 0.717) is 24.3 Å². The largest absolute Gasteiger partial charge is 0.489 e. The fourth-order valence-electron chi connectivity index (χ4n) is 3.10. The molecule has 0 spiro atoms. The molecule has 0 bridgehead atoms. The fourth-order valence-corrected chi connectivity index (χ4v) is 4.85. The van der Waals surface area contributed by atoms with Gasteiger partial charge in [-0.3, -0.25) is 0 Å². The third-order valence-electron chi connectivity index (χ3n) is 4.64. The van der Waals surface area contributed by atoms with Gasteiger partial charge in [-0.05, 0) is 55.0 Å². The molecule has 1 aliphatic rings. The van der Waals surface area contributed by atoms with Crippen molar-refractivity contribution in [1.29, 1.82) is 0 Å². The van der Waals surface area contributed by atoms with E-state index < -0.39 is 22.1 Å². The second-order valence-corrected chi connectivity index (χ2v) is 9.64. The number of aromatic nitrogens is 2. The van der Waals surface area contributed by atoms with Crippen LogP contribution >= 0.6 is 15.9 Å². The molecule has 0 N–H and O–H groups in total. The topological polar surface area (TPSA) is 85.5 Å². The van der Waals surface area contributed by atoms with Gasteiger partial charge in [0.05, 0.1) is 11.4 Å². The third-order valence-corrected chi connectivity index (χ3v) is 7.05. The monoisotopic (exact) mass is 517 g/mol. The van der Waals surface area contributed by atoms with Crippen molar-refractivity contribution < 1.29 is 30.8 Å². The molecular weight excluding hydrogens is 503 g/mol. The van der Waals surface area contributed by atoms with Crippen molar-refractivity contribution in [2.24, 2.45) is 0 Å².